The second-order valence-corrected chi connectivity index (χ2v) is 6.89. The molecule has 0 saturated carbocycles. The van der Waals surface area contributed by atoms with Crippen LogP contribution in [0.3, 0.4) is 0 Å². The molecule has 0 aliphatic carbocycles. The first-order valence-corrected chi connectivity index (χ1v) is 9.16. The summed E-state index contributed by atoms with van der Waals surface area (Å²) in [7, 11) is 1.48. The lowest BCUT2D eigenvalue weighted by Gasteiger charge is -2.18. The van der Waals surface area contributed by atoms with Gasteiger partial charge in [0.15, 0.2) is 5.75 Å². The third kappa shape index (κ3) is 3.27. The van der Waals surface area contributed by atoms with Crippen LogP contribution in [0.15, 0.2) is 77.6 Å². The largest absolute Gasteiger partial charge is 0.491 e. The Morgan fingerprint density at radius 2 is 1.79 bits per heavy atom. The molecule has 4 aromatic rings. The van der Waals surface area contributed by atoms with Crippen molar-refractivity contribution in [2.75, 3.05) is 7.11 Å². The average Bonchev–Trinajstić information content (AvgIpc) is 2.70. The van der Waals surface area contributed by atoms with Crippen LogP contribution in [-0.4, -0.2) is 11.7 Å². The predicted molar refractivity (Wildman–Crippen MR) is 111 cm³/mol. The van der Waals surface area contributed by atoms with Crippen molar-refractivity contribution in [3.63, 3.8) is 0 Å². The summed E-state index contributed by atoms with van der Waals surface area (Å²) < 4.78 is 20.8. The van der Waals surface area contributed by atoms with Gasteiger partial charge < -0.3 is 9.30 Å². The van der Waals surface area contributed by atoms with Crippen molar-refractivity contribution < 1.29 is 9.13 Å². The van der Waals surface area contributed by atoms with E-state index in [9.17, 15) is 9.18 Å². The van der Waals surface area contributed by atoms with Gasteiger partial charge in [-0.2, -0.15) is 0 Å². The number of rotatable bonds is 4. The first kappa shape index (κ1) is 18.3. The Kier molecular flexibility index (Phi) is 4.88. The van der Waals surface area contributed by atoms with Gasteiger partial charge in [0.05, 0.1) is 19.2 Å². The molecule has 1 aromatic heterocycles. The van der Waals surface area contributed by atoms with Gasteiger partial charge in [-0.1, -0.05) is 54.1 Å². The fraction of sp³-hybridized carbons (Fsp3) is 0.0870. The third-order valence-corrected chi connectivity index (χ3v) is 4.92. The Balaban J connectivity index is 2.05. The van der Waals surface area contributed by atoms with E-state index in [0.717, 1.165) is 10.9 Å². The maximum absolute atomic E-state index is 13.6. The molecule has 0 amide bonds. The molecule has 0 N–H and O–H groups in total. The minimum Gasteiger partial charge on any atom is -0.491 e. The van der Waals surface area contributed by atoms with Gasteiger partial charge in [-0.25, -0.2) is 4.39 Å². The highest BCUT2D eigenvalue weighted by Crippen LogP contribution is 2.36. The van der Waals surface area contributed by atoms with Crippen LogP contribution in [0.25, 0.3) is 22.0 Å². The molecular weight excluding hydrogens is 377 g/mol. The van der Waals surface area contributed by atoms with E-state index in [1.165, 1.54) is 19.2 Å². The van der Waals surface area contributed by atoms with Gasteiger partial charge in [0.1, 0.15) is 5.82 Å². The lowest BCUT2D eigenvalue weighted by Crippen LogP contribution is -2.23. The smallest absolute Gasteiger partial charge is 0.294 e. The maximum Gasteiger partial charge on any atom is 0.294 e. The normalized spacial score (nSPS) is 11.0. The average molecular weight is 394 g/mol. The molecule has 0 aliphatic rings. The standard InChI is InChI=1S/C23H17ClFNO2/c1-28-22-21(16-7-3-2-4-8-16)19-13-17(24)10-11-20(19)26(23(22)27)14-15-6-5-9-18(25)12-15/h2-13H,14H2,1H3. The van der Waals surface area contributed by atoms with E-state index < -0.39 is 0 Å². The molecular formula is C23H17ClFNO2. The molecule has 140 valence electrons. The van der Waals surface area contributed by atoms with E-state index in [2.05, 4.69) is 0 Å². The topological polar surface area (TPSA) is 31.2 Å². The molecule has 0 radical (unpaired) electrons. The van der Waals surface area contributed by atoms with Crippen LogP contribution in [0.5, 0.6) is 5.75 Å². The minimum absolute atomic E-state index is 0.222. The summed E-state index contributed by atoms with van der Waals surface area (Å²) in [5.41, 5.74) is 2.68. The van der Waals surface area contributed by atoms with E-state index in [4.69, 9.17) is 16.3 Å². The molecule has 28 heavy (non-hydrogen) atoms. The number of nitrogens with zero attached hydrogens (tertiary/aromatic N) is 1. The summed E-state index contributed by atoms with van der Waals surface area (Å²) in [6, 6.07) is 21.2. The molecule has 3 nitrogen and oxygen atoms in total. The minimum atomic E-state index is -0.342. The van der Waals surface area contributed by atoms with Crippen LogP contribution < -0.4 is 10.3 Å². The number of hydrogen-bond donors (Lipinski definition) is 0. The number of pyridine rings is 1. The predicted octanol–water partition coefficient (Wildman–Crippen LogP) is 5.52. The van der Waals surface area contributed by atoms with Crippen molar-refractivity contribution >= 4 is 22.5 Å². The summed E-state index contributed by atoms with van der Waals surface area (Å²) in [4.78, 5) is 13.3. The first-order chi connectivity index (χ1) is 13.6. The van der Waals surface area contributed by atoms with Crippen molar-refractivity contribution in [2.45, 2.75) is 6.54 Å². The summed E-state index contributed by atoms with van der Waals surface area (Å²) in [6.07, 6.45) is 0. The first-order valence-electron chi connectivity index (χ1n) is 8.78. The number of methoxy groups -OCH3 is 1. The highest BCUT2D eigenvalue weighted by Gasteiger charge is 2.19. The lowest BCUT2D eigenvalue weighted by molar-refractivity contribution is 0.407. The van der Waals surface area contributed by atoms with Crippen molar-refractivity contribution in [1.82, 2.24) is 4.57 Å². The zero-order valence-corrected chi connectivity index (χ0v) is 15.9. The maximum atomic E-state index is 13.6. The fourth-order valence-corrected chi connectivity index (χ4v) is 3.63. The molecule has 4 rings (SSSR count). The van der Waals surface area contributed by atoms with E-state index in [1.54, 1.807) is 22.8 Å². The summed E-state index contributed by atoms with van der Waals surface area (Å²) in [6.45, 7) is 0.222. The SMILES string of the molecule is COc1c(-c2ccccc2)c2cc(Cl)ccc2n(Cc2cccc(F)c2)c1=O. The van der Waals surface area contributed by atoms with Gasteiger partial charge in [-0.3, -0.25) is 4.79 Å². The van der Waals surface area contributed by atoms with Gasteiger partial charge in [0.2, 0.25) is 0 Å². The molecule has 0 unspecified atom stereocenters. The second-order valence-electron chi connectivity index (χ2n) is 6.46. The molecule has 0 saturated heterocycles. The van der Waals surface area contributed by atoms with Crippen LogP contribution in [0, 0.1) is 5.82 Å². The quantitative estimate of drug-likeness (QED) is 0.457. The highest BCUT2D eigenvalue weighted by atomic mass is 35.5. The Morgan fingerprint density at radius 3 is 2.50 bits per heavy atom. The molecule has 3 aromatic carbocycles. The Labute approximate surface area is 166 Å². The van der Waals surface area contributed by atoms with Crippen molar-refractivity contribution in [1.29, 1.82) is 0 Å². The number of aromatic nitrogens is 1. The van der Waals surface area contributed by atoms with Crippen LogP contribution in [-0.2, 0) is 6.54 Å². The lowest BCUT2D eigenvalue weighted by atomic mass is 9.99. The summed E-state index contributed by atoms with van der Waals surface area (Å²) in [5.74, 6) is -0.108. The Morgan fingerprint density at radius 1 is 1.00 bits per heavy atom. The zero-order chi connectivity index (χ0) is 19.7. The Hall–Kier alpha value is -3.11. The van der Waals surface area contributed by atoms with E-state index in [1.807, 2.05) is 42.5 Å². The van der Waals surface area contributed by atoms with Crippen LogP contribution in [0.4, 0.5) is 4.39 Å². The zero-order valence-electron chi connectivity index (χ0n) is 15.2. The van der Waals surface area contributed by atoms with Gasteiger partial charge in [0, 0.05) is 16.0 Å². The van der Waals surface area contributed by atoms with Crippen LogP contribution in [0.2, 0.25) is 5.02 Å². The van der Waals surface area contributed by atoms with Gasteiger partial charge >= 0.3 is 0 Å². The highest BCUT2D eigenvalue weighted by molar-refractivity contribution is 6.31. The number of fused-ring (bicyclic) bond motifs is 1. The van der Waals surface area contributed by atoms with Crippen LogP contribution in [0.1, 0.15) is 5.56 Å². The summed E-state index contributed by atoms with van der Waals surface area (Å²) >= 11 is 6.27. The molecule has 5 heteroatoms. The monoisotopic (exact) mass is 393 g/mol. The molecule has 1 heterocycles. The van der Waals surface area contributed by atoms with E-state index >= 15 is 0 Å². The number of hydrogen-bond acceptors (Lipinski definition) is 2. The Bertz CT molecular complexity index is 1220. The van der Waals surface area contributed by atoms with E-state index in [-0.39, 0.29) is 23.7 Å². The third-order valence-electron chi connectivity index (χ3n) is 4.68. The molecule has 0 fully saturated rings. The number of benzene rings is 3. The van der Waals surface area contributed by atoms with Crippen molar-refractivity contribution in [3.8, 4) is 16.9 Å². The van der Waals surface area contributed by atoms with Crippen molar-refractivity contribution in [3.05, 3.63) is 99.6 Å². The second kappa shape index (κ2) is 7.49. The van der Waals surface area contributed by atoms with Gasteiger partial charge in [-0.05, 0) is 41.5 Å². The van der Waals surface area contributed by atoms with E-state index in [0.29, 0.717) is 21.7 Å². The molecule has 0 atom stereocenters. The molecule has 0 bridgehead atoms. The molecule has 0 spiro atoms. The van der Waals surface area contributed by atoms with Gasteiger partial charge in [0.25, 0.3) is 5.56 Å². The number of ether oxygens (including phenoxy) is 1. The number of halogens is 2. The summed E-state index contributed by atoms with van der Waals surface area (Å²) in [5, 5.41) is 1.36. The molecule has 0 aliphatic heterocycles. The van der Waals surface area contributed by atoms with Gasteiger partial charge in [-0.15, -0.1) is 0 Å². The fourth-order valence-electron chi connectivity index (χ4n) is 3.46. The van der Waals surface area contributed by atoms with Crippen molar-refractivity contribution in [2.24, 2.45) is 0 Å². The van der Waals surface area contributed by atoms with Crippen LogP contribution >= 0.6 is 11.6 Å².